The van der Waals surface area contributed by atoms with Gasteiger partial charge in [0, 0.05) is 29.4 Å². The molecule has 5 heteroatoms. The number of carbonyl (C=O) groups is 2. The molecule has 0 spiro atoms. The SMILES string of the molecule is C[C@@H](N)C(=O)N[C@@H](Cc1c[nH]c2ccccc12)C(=O)C1CCCCC1. The fourth-order valence-corrected chi connectivity index (χ4v) is 3.72. The molecule has 1 aliphatic rings. The number of nitrogens with two attached hydrogens (primary N) is 1. The third-order valence-electron chi connectivity index (χ3n) is 5.18. The number of ketones is 1. The Kier molecular flexibility index (Phi) is 5.53. The summed E-state index contributed by atoms with van der Waals surface area (Å²) in [5.74, 6) is -0.0645. The molecule has 2 aromatic rings. The number of hydrogen-bond acceptors (Lipinski definition) is 3. The molecule has 3 rings (SSSR count). The number of hydrogen-bond donors (Lipinski definition) is 3. The molecule has 25 heavy (non-hydrogen) atoms. The van der Waals surface area contributed by atoms with Crippen LogP contribution in [0.4, 0.5) is 0 Å². The van der Waals surface area contributed by atoms with E-state index >= 15 is 0 Å². The Morgan fingerprint density at radius 1 is 1.24 bits per heavy atom. The molecule has 1 saturated carbocycles. The molecule has 0 aliphatic heterocycles. The standard InChI is InChI=1S/C20H27N3O2/c1-13(21)20(25)23-18(19(24)14-7-3-2-4-8-14)11-15-12-22-17-10-6-5-9-16(15)17/h5-6,9-10,12-14,18,22H,2-4,7-8,11,21H2,1H3,(H,23,25)/t13-,18+/m1/s1. The molecule has 0 bridgehead atoms. The molecule has 0 unspecified atom stereocenters. The molecular weight excluding hydrogens is 314 g/mol. The first kappa shape index (κ1) is 17.7. The Morgan fingerprint density at radius 3 is 2.68 bits per heavy atom. The first-order valence-electron chi connectivity index (χ1n) is 9.21. The van der Waals surface area contributed by atoms with Crippen molar-refractivity contribution in [1.29, 1.82) is 0 Å². The monoisotopic (exact) mass is 341 g/mol. The minimum atomic E-state index is -0.621. The Labute approximate surface area is 148 Å². The predicted molar refractivity (Wildman–Crippen MR) is 99.2 cm³/mol. The lowest BCUT2D eigenvalue weighted by atomic mass is 9.82. The average Bonchev–Trinajstić information content (AvgIpc) is 3.04. The lowest BCUT2D eigenvalue weighted by Gasteiger charge is -2.26. The normalized spacial score (nSPS) is 18.0. The smallest absolute Gasteiger partial charge is 0.237 e. The first-order chi connectivity index (χ1) is 12.1. The lowest BCUT2D eigenvalue weighted by molar-refractivity contribution is -0.131. The number of benzene rings is 1. The van der Waals surface area contributed by atoms with E-state index in [4.69, 9.17) is 5.73 Å². The van der Waals surface area contributed by atoms with E-state index in [-0.39, 0.29) is 17.6 Å². The van der Waals surface area contributed by atoms with Gasteiger partial charge >= 0.3 is 0 Å². The van der Waals surface area contributed by atoms with Crippen LogP contribution >= 0.6 is 0 Å². The number of Topliss-reactive ketones (excluding diaryl/α,β-unsaturated/α-hetero) is 1. The Hall–Kier alpha value is -2.14. The second-order valence-electron chi connectivity index (χ2n) is 7.15. The molecule has 1 aliphatic carbocycles. The van der Waals surface area contributed by atoms with Gasteiger partial charge in [0.15, 0.2) is 5.78 Å². The Morgan fingerprint density at radius 2 is 1.96 bits per heavy atom. The van der Waals surface area contributed by atoms with Crippen LogP contribution in [-0.2, 0) is 16.0 Å². The number of fused-ring (bicyclic) bond motifs is 1. The molecule has 2 atom stereocenters. The van der Waals surface area contributed by atoms with Gasteiger partial charge in [0.2, 0.25) is 5.91 Å². The number of nitrogens with one attached hydrogen (secondary N) is 2. The van der Waals surface area contributed by atoms with Crippen molar-refractivity contribution in [3.63, 3.8) is 0 Å². The highest BCUT2D eigenvalue weighted by atomic mass is 16.2. The molecule has 1 aromatic heterocycles. The van der Waals surface area contributed by atoms with Crippen molar-refractivity contribution >= 4 is 22.6 Å². The highest BCUT2D eigenvalue weighted by Gasteiger charge is 2.30. The summed E-state index contributed by atoms with van der Waals surface area (Å²) < 4.78 is 0. The zero-order chi connectivity index (χ0) is 17.8. The van der Waals surface area contributed by atoms with Crippen molar-refractivity contribution < 1.29 is 9.59 Å². The molecule has 1 heterocycles. The third kappa shape index (κ3) is 4.10. The second-order valence-corrected chi connectivity index (χ2v) is 7.15. The quantitative estimate of drug-likeness (QED) is 0.755. The number of amides is 1. The molecular formula is C20H27N3O2. The van der Waals surface area contributed by atoms with E-state index in [2.05, 4.69) is 10.3 Å². The number of para-hydroxylation sites is 1. The van der Waals surface area contributed by atoms with E-state index in [1.165, 1.54) is 6.42 Å². The zero-order valence-electron chi connectivity index (χ0n) is 14.8. The maximum atomic E-state index is 13.1. The number of aromatic amines is 1. The van der Waals surface area contributed by atoms with Gasteiger partial charge in [0.1, 0.15) is 0 Å². The van der Waals surface area contributed by atoms with Gasteiger partial charge in [-0.1, -0.05) is 37.5 Å². The van der Waals surface area contributed by atoms with E-state index in [0.717, 1.165) is 42.1 Å². The topological polar surface area (TPSA) is 88.0 Å². The number of carbonyl (C=O) groups excluding carboxylic acids is 2. The van der Waals surface area contributed by atoms with Gasteiger partial charge in [0.25, 0.3) is 0 Å². The van der Waals surface area contributed by atoms with E-state index < -0.39 is 12.1 Å². The van der Waals surface area contributed by atoms with Crippen LogP contribution in [0.5, 0.6) is 0 Å². The number of aromatic nitrogens is 1. The lowest BCUT2D eigenvalue weighted by Crippen LogP contribution is -2.50. The molecule has 0 saturated heterocycles. The molecule has 1 amide bonds. The van der Waals surface area contributed by atoms with E-state index in [9.17, 15) is 9.59 Å². The van der Waals surface area contributed by atoms with Crippen LogP contribution < -0.4 is 11.1 Å². The van der Waals surface area contributed by atoms with Gasteiger partial charge in [0.05, 0.1) is 12.1 Å². The van der Waals surface area contributed by atoms with Gasteiger partial charge in [-0.05, 0) is 31.4 Å². The molecule has 0 radical (unpaired) electrons. The largest absolute Gasteiger partial charge is 0.361 e. The third-order valence-corrected chi connectivity index (χ3v) is 5.18. The average molecular weight is 341 g/mol. The van der Waals surface area contributed by atoms with Crippen LogP contribution in [0.3, 0.4) is 0 Å². The number of H-pyrrole nitrogens is 1. The van der Waals surface area contributed by atoms with E-state index in [1.54, 1.807) is 6.92 Å². The van der Waals surface area contributed by atoms with Gasteiger partial charge in [-0.25, -0.2) is 0 Å². The minimum Gasteiger partial charge on any atom is -0.361 e. The Balaban J connectivity index is 1.82. The highest BCUT2D eigenvalue weighted by molar-refractivity contribution is 5.93. The van der Waals surface area contributed by atoms with Crippen molar-refractivity contribution in [2.24, 2.45) is 11.7 Å². The Bertz CT molecular complexity index is 744. The molecule has 1 aromatic carbocycles. The summed E-state index contributed by atoms with van der Waals surface area (Å²) >= 11 is 0. The summed E-state index contributed by atoms with van der Waals surface area (Å²) in [6.45, 7) is 1.64. The van der Waals surface area contributed by atoms with Gasteiger partial charge in [-0.3, -0.25) is 9.59 Å². The van der Waals surface area contributed by atoms with Gasteiger partial charge in [-0.15, -0.1) is 0 Å². The van der Waals surface area contributed by atoms with Crippen LogP contribution in [0, 0.1) is 5.92 Å². The maximum Gasteiger partial charge on any atom is 0.237 e. The first-order valence-corrected chi connectivity index (χ1v) is 9.21. The van der Waals surface area contributed by atoms with Crippen molar-refractivity contribution in [3.8, 4) is 0 Å². The minimum absolute atomic E-state index is 0.0531. The molecule has 4 N–H and O–H groups in total. The van der Waals surface area contributed by atoms with Crippen LogP contribution in [0.25, 0.3) is 10.9 Å². The maximum absolute atomic E-state index is 13.1. The van der Waals surface area contributed by atoms with E-state index in [0.29, 0.717) is 6.42 Å². The highest BCUT2D eigenvalue weighted by Crippen LogP contribution is 2.27. The second kappa shape index (κ2) is 7.83. The predicted octanol–water partition coefficient (Wildman–Crippen LogP) is 2.69. The van der Waals surface area contributed by atoms with Crippen LogP contribution in [-0.4, -0.2) is 28.8 Å². The van der Waals surface area contributed by atoms with Crippen LogP contribution in [0.1, 0.15) is 44.6 Å². The fraction of sp³-hybridized carbons (Fsp3) is 0.500. The molecule has 5 nitrogen and oxygen atoms in total. The van der Waals surface area contributed by atoms with Crippen molar-refractivity contribution in [1.82, 2.24) is 10.3 Å². The summed E-state index contributed by atoms with van der Waals surface area (Å²) in [7, 11) is 0. The zero-order valence-corrected chi connectivity index (χ0v) is 14.8. The van der Waals surface area contributed by atoms with Gasteiger partial charge in [-0.2, -0.15) is 0 Å². The summed E-state index contributed by atoms with van der Waals surface area (Å²) in [6.07, 6.45) is 7.67. The van der Waals surface area contributed by atoms with Crippen molar-refractivity contribution in [2.75, 3.05) is 0 Å². The summed E-state index contributed by atoms with van der Waals surface area (Å²) in [5.41, 5.74) is 7.79. The van der Waals surface area contributed by atoms with E-state index in [1.807, 2.05) is 30.5 Å². The van der Waals surface area contributed by atoms with Crippen LogP contribution in [0.2, 0.25) is 0 Å². The van der Waals surface area contributed by atoms with Crippen LogP contribution in [0.15, 0.2) is 30.5 Å². The summed E-state index contributed by atoms with van der Waals surface area (Å²) in [4.78, 5) is 28.4. The number of rotatable bonds is 6. The van der Waals surface area contributed by atoms with Gasteiger partial charge < -0.3 is 16.0 Å². The summed E-state index contributed by atoms with van der Waals surface area (Å²) in [6, 6.07) is 6.88. The van der Waals surface area contributed by atoms with Crippen molar-refractivity contribution in [3.05, 3.63) is 36.0 Å². The van der Waals surface area contributed by atoms with Crippen molar-refractivity contribution in [2.45, 2.75) is 57.5 Å². The summed E-state index contributed by atoms with van der Waals surface area (Å²) in [5, 5.41) is 3.99. The molecule has 1 fully saturated rings. The fourth-order valence-electron chi connectivity index (χ4n) is 3.72. The molecule has 134 valence electrons.